The molecule has 1 aromatic carbocycles. The molecule has 1 rings (SSSR count). The van der Waals surface area contributed by atoms with Gasteiger partial charge in [-0.2, -0.15) is 0 Å². The first-order chi connectivity index (χ1) is 9.10. The summed E-state index contributed by atoms with van der Waals surface area (Å²) in [5, 5.41) is 15.8. The maximum Gasteiger partial charge on any atom is 0.236 e. The number of nitrogens with one attached hydrogen (secondary N) is 2. The highest BCUT2D eigenvalue weighted by molar-refractivity contribution is 5.81. The molecule has 3 N–H and O–H groups in total. The first kappa shape index (κ1) is 15.3. The second kappa shape index (κ2) is 7.63. The van der Waals surface area contributed by atoms with Crippen molar-refractivity contribution >= 4 is 5.91 Å². The largest absolute Gasteiger partial charge is 0.504 e. The van der Waals surface area contributed by atoms with Gasteiger partial charge < -0.3 is 20.5 Å². The number of carbonyl (C=O) groups is 1. The lowest BCUT2D eigenvalue weighted by molar-refractivity contribution is -0.122. The lowest BCUT2D eigenvalue weighted by Gasteiger charge is -2.15. The van der Waals surface area contributed by atoms with Crippen LogP contribution in [0.3, 0.4) is 0 Å². The highest BCUT2D eigenvalue weighted by atomic mass is 16.5. The van der Waals surface area contributed by atoms with E-state index >= 15 is 0 Å². The monoisotopic (exact) mass is 266 g/mol. The van der Waals surface area contributed by atoms with Gasteiger partial charge in [0.15, 0.2) is 11.5 Å². The molecule has 0 spiro atoms. The van der Waals surface area contributed by atoms with Crippen molar-refractivity contribution in [1.82, 2.24) is 10.6 Å². The number of aromatic hydroxyl groups is 1. The van der Waals surface area contributed by atoms with Crippen molar-refractivity contribution in [3.05, 3.63) is 23.8 Å². The molecule has 0 saturated carbocycles. The molecule has 0 aromatic heterocycles. The molecule has 0 bridgehead atoms. The summed E-state index contributed by atoms with van der Waals surface area (Å²) in [6.45, 7) is 7.04. The Morgan fingerprint density at radius 1 is 1.42 bits per heavy atom. The van der Waals surface area contributed by atoms with E-state index in [2.05, 4.69) is 10.6 Å². The lowest BCUT2D eigenvalue weighted by Crippen LogP contribution is -2.41. The van der Waals surface area contributed by atoms with Gasteiger partial charge in [-0.15, -0.1) is 0 Å². The fraction of sp³-hybridized carbons (Fsp3) is 0.500. The minimum Gasteiger partial charge on any atom is -0.504 e. The first-order valence-electron chi connectivity index (χ1n) is 6.54. The Balaban J connectivity index is 2.62. The Kier molecular flexibility index (Phi) is 6.15. The molecule has 0 aliphatic rings. The minimum absolute atomic E-state index is 0.0528. The SMILES string of the molecule is CCNC(=O)C(C)NCc1cccc(OCC)c1O. The number of para-hydroxylation sites is 1. The summed E-state index contributed by atoms with van der Waals surface area (Å²) in [6.07, 6.45) is 0. The molecular formula is C14H22N2O3. The van der Waals surface area contributed by atoms with E-state index in [1.807, 2.05) is 19.9 Å². The number of phenols is 1. The van der Waals surface area contributed by atoms with Gasteiger partial charge in [0.25, 0.3) is 0 Å². The Labute approximate surface area is 114 Å². The van der Waals surface area contributed by atoms with Gasteiger partial charge in [0.1, 0.15) is 0 Å². The fourth-order valence-electron chi connectivity index (χ4n) is 1.67. The van der Waals surface area contributed by atoms with Crippen LogP contribution in [0.1, 0.15) is 26.3 Å². The van der Waals surface area contributed by atoms with Gasteiger partial charge in [-0.3, -0.25) is 4.79 Å². The van der Waals surface area contributed by atoms with Crippen molar-refractivity contribution in [2.75, 3.05) is 13.2 Å². The standard InChI is InChI=1S/C14H22N2O3/c1-4-15-14(18)10(3)16-9-11-7-6-8-12(13(11)17)19-5-2/h6-8,10,16-17H,4-5,9H2,1-3H3,(H,15,18). The zero-order chi connectivity index (χ0) is 14.3. The van der Waals surface area contributed by atoms with Crippen LogP contribution in [0.5, 0.6) is 11.5 Å². The molecule has 1 aromatic rings. The number of hydrogen-bond acceptors (Lipinski definition) is 4. The number of phenolic OH excluding ortho intramolecular Hbond substituents is 1. The Bertz CT molecular complexity index is 421. The average molecular weight is 266 g/mol. The summed E-state index contributed by atoms with van der Waals surface area (Å²) < 4.78 is 5.31. The Morgan fingerprint density at radius 2 is 2.16 bits per heavy atom. The number of likely N-dealkylation sites (N-methyl/N-ethyl adjacent to an activating group) is 1. The maximum atomic E-state index is 11.6. The van der Waals surface area contributed by atoms with Crippen LogP contribution in [0.2, 0.25) is 0 Å². The molecule has 0 aliphatic carbocycles. The molecule has 0 radical (unpaired) electrons. The zero-order valence-corrected chi connectivity index (χ0v) is 11.7. The summed E-state index contributed by atoms with van der Waals surface area (Å²) in [4.78, 5) is 11.6. The van der Waals surface area contributed by atoms with Crippen molar-refractivity contribution in [2.24, 2.45) is 0 Å². The second-order valence-electron chi connectivity index (χ2n) is 4.19. The average Bonchev–Trinajstić information content (AvgIpc) is 2.40. The van der Waals surface area contributed by atoms with E-state index in [0.29, 0.717) is 31.0 Å². The first-order valence-corrected chi connectivity index (χ1v) is 6.54. The summed E-state index contributed by atoms with van der Waals surface area (Å²) in [6, 6.07) is 5.03. The summed E-state index contributed by atoms with van der Waals surface area (Å²) in [5.74, 6) is 0.537. The van der Waals surface area contributed by atoms with E-state index in [-0.39, 0.29) is 17.7 Å². The number of ether oxygens (including phenoxy) is 1. The molecule has 19 heavy (non-hydrogen) atoms. The smallest absolute Gasteiger partial charge is 0.236 e. The predicted octanol–water partition coefficient (Wildman–Crippen LogP) is 1.41. The molecule has 5 nitrogen and oxygen atoms in total. The Morgan fingerprint density at radius 3 is 2.79 bits per heavy atom. The number of benzene rings is 1. The van der Waals surface area contributed by atoms with Gasteiger partial charge in [0.05, 0.1) is 12.6 Å². The van der Waals surface area contributed by atoms with Crippen molar-refractivity contribution in [2.45, 2.75) is 33.4 Å². The predicted molar refractivity (Wildman–Crippen MR) is 74.3 cm³/mol. The Hall–Kier alpha value is -1.75. The van der Waals surface area contributed by atoms with Crippen LogP contribution < -0.4 is 15.4 Å². The van der Waals surface area contributed by atoms with Crippen molar-refractivity contribution in [3.63, 3.8) is 0 Å². The summed E-state index contributed by atoms with van der Waals surface area (Å²) >= 11 is 0. The highest BCUT2D eigenvalue weighted by Crippen LogP contribution is 2.29. The third kappa shape index (κ3) is 4.44. The number of carbonyl (C=O) groups excluding carboxylic acids is 1. The lowest BCUT2D eigenvalue weighted by atomic mass is 10.1. The van der Waals surface area contributed by atoms with Crippen molar-refractivity contribution in [1.29, 1.82) is 0 Å². The van der Waals surface area contributed by atoms with Gasteiger partial charge >= 0.3 is 0 Å². The highest BCUT2D eigenvalue weighted by Gasteiger charge is 2.13. The van der Waals surface area contributed by atoms with Crippen molar-refractivity contribution in [3.8, 4) is 11.5 Å². The minimum atomic E-state index is -0.310. The van der Waals surface area contributed by atoms with Crippen LogP contribution >= 0.6 is 0 Å². The van der Waals surface area contributed by atoms with Gasteiger partial charge in [-0.25, -0.2) is 0 Å². The van der Waals surface area contributed by atoms with Crippen LogP contribution in [-0.4, -0.2) is 30.2 Å². The van der Waals surface area contributed by atoms with Gasteiger partial charge in [-0.05, 0) is 26.8 Å². The normalized spacial score (nSPS) is 11.9. The molecule has 0 aliphatic heterocycles. The van der Waals surface area contributed by atoms with E-state index < -0.39 is 0 Å². The number of rotatable bonds is 7. The molecule has 106 valence electrons. The topological polar surface area (TPSA) is 70.6 Å². The van der Waals surface area contributed by atoms with Gasteiger partial charge in [0, 0.05) is 18.7 Å². The van der Waals surface area contributed by atoms with Crippen LogP contribution in [0.4, 0.5) is 0 Å². The molecule has 1 atom stereocenters. The van der Waals surface area contributed by atoms with Crippen LogP contribution in [0, 0.1) is 0 Å². The summed E-state index contributed by atoms with van der Waals surface area (Å²) in [7, 11) is 0. The molecule has 1 amide bonds. The molecule has 1 unspecified atom stereocenters. The fourth-order valence-corrected chi connectivity index (χ4v) is 1.67. The van der Waals surface area contributed by atoms with Crippen LogP contribution in [-0.2, 0) is 11.3 Å². The number of hydrogen-bond donors (Lipinski definition) is 3. The molecule has 5 heteroatoms. The van der Waals surface area contributed by atoms with Crippen LogP contribution in [0.15, 0.2) is 18.2 Å². The molecule has 0 heterocycles. The van der Waals surface area contributed by atoms with Gasteiger partial charge in [-0.1, -0.05) is 12.1 Å². The number of amides is 1. The second-order valence-corrected chi connectivity index (χ2v) is 4.19. The van der Waals surface area contributed by atoms with E-state index in [1.54, 1.807) is 19.1 Å². The maximum absolute atomic E-state index is 11.6. The van der Waals surface area contributed by atoms with Gasteiger partial charge in [0.2, 0.25) is 5.91 Å². The third-order valence-corrected chi connectivity index (χ3v) is 2.73. The quantitative estimate of drug-likeness (QED) is 0.698. The van der Waals surface area contributed by atoms with E-state index in [4.69, 9.17) is 4.74 Å². The van der Waals surface area contributed by atoms with E-state index in [0.717, 1.165) is 0 Å². The molecule has 0 saturated heterocycles. The molecular weight excluding hydrogens is 244 g/mol. The van der Waals surface area contributed by atoms with E-state index in [9.17, 15) is 9.90 Å². The molecule has 0 fully saturated rings. The summed E-state index contributed by atoms with van der Waals surface area (Å²) in [5.41, 5.74) is 0.710. The zero-order valence-electron chi connectivity index (χ0n) is 11.7. The van der Waals surface area contributed by atoms with E-state index in [1.165, 1.54) is 0 Å². The van der Waals surface area contributed by atoms with Crippen molar-refractivity contribution < 1.29 is 14.6 Å². The van der Waals surface area contributed by atoms with Crippen LogP contribution in [0.25, 0.3) is 0 Å². The third-order valence-electron chi connectivity index (χ3n) is 2.73.